The summed E-state index contributed by atoms with van der Waals surface area (Å²) in [4.78, 5) is 26.8. The highest BCUT2D eigenvalue weighted by Gasteiger charge is 2.36. The molecular formula is C14H15N5O2. The van der Waals surface area contributed by atoms with Crippen LogP contribution in [-0.2, 0) is 0 Å². The van der Waals surface area contributed by atoms with Crippen molar-refractivity contribution in [2.75, 3.05) is 6.54 Å². The molecule has 0 aromatic carbocycles. The predicted molar refractivity (Wildman–Crippen MR) is 71.3 cm³/mol. The molecule has 0 radical (unpaired) electrons. The lowest BCUT2D eigenvalue weighted by Crippen LogP contribution is -2.31. The van der Waals surface area contributed by atoms with E-state index in [4.69, 9.17) is 4.52 Å². The van der Waals surface area contributed by atoms with E-state index in [1.807, 2.05) is 0 Å². The molecule has 4 rings (SSSR count). The average molecular weight is 285 g/mol. The summed E-state index contributed by atoms with van der Waals surface area (Å²) in [7, 11) is 0. The summed E-state index contributed by atoms with van der Waals surface area (Å²) in [6, 6.07) is -0.115. The topological polar surface area (TPSA) is 85.0 Å². The first-order valence-electron chi connectivity index (χ1n) is 7.23. The molecule has 1 amide bonds. The molecular weight excluding hydrogens is 270 g/mol. The highest BCUT2D eigenvalue weighted by Crippen LogP contribution is 2.40. The molecule has 1 aliphatic heterocycles. The lowest BCUT2D eigenvalue weighted by molar-refractivity contribution is 0.0722. The van der Waals surface area contributed by atoms with Crippen LogP contribution in [0.25, 0.3) is 0 Å². The number of amides is 1. The smallest absolute Gasteiger partial charge is 0.274 e. The summed E-state index contributed by atoms with van der Waals surface area (Å²) in [5.41, 5.74) is 0.357. The van der Waals surface area contributed by atoms with Crippen LogP contribution < -0.4 is 0 Å². The van der Waals surface area contributed by atoms with Crippen molar-refractivity contribution in [1.29, 1.82) is 0 Å². The van der Waals surface area contributed by atoms with Crippen molar-refractivity contribution < 1.29 is 9.32 Å². The third-order valence-electron chi connectivity index (χ3n) is 3.98. The minimum absolute atomic E-state index is 0.115. The van der Waals surface area contributed by atoms with E-state index in [0.717, 1.165) is 25.7 Å². The van der Waals surface area contributed by atoms with Crippen molar-refractivity contribution >= 4 is 5.91 Å². The van der Waals surface area contributed by atoms with Gasteiger partial charge < -0.3 is 9.42 Å². The fraction of sp³-hybridized carbons (Fsp3) is 0.500. The summed E-state index contributed by atoms with van der Waals surface area (Å²) in [6.07, 6.45) is 8.60. The number of carbonyl (C=O) groups excluding carboxylic acids is 1. The van der Waals surface area contributed by atoms with Gasteiger partial charge in [-0.3, -0.25) is 9.78 Å². The first-order chi connectivity index (χ1) is 10.3. The molecule has 2 aliphatic rings. The van der Waals surface area contributed by atoms with E-state index in [0.29, 0.717) is 29.9 Å². The SMILES string of the molecule is O=C(c1cnccn1)N1CCCC1c1noc(C2CC2)n1. The van der Waals surface area contributed by atoms with Gasteiger partial charge in [-0.15, -0.1) is 0 Å². The van der Waals surface area contributed by atoms with Crippen LogP contribution in [-0.4, -0.2) is 37.5 Å². The van der Waals surface area contributed by atoms with Crippen LogP contribution >= 0.6 is 0 Å². The van der Waals surface area contributed by atoms with Crippen LogP contribution in [0, 0.1) is 0 Å². The number of likely N-dealkylation sites (tertiary alicyclic amines) is 1. The summed E-state index contributed by atoms with van der Waals surface area (Å²) < 4.78 is 5.31. The van der Waals surface area contributed by atoms with Crippen molar-refractivity contribution in [3.63, 3.8) is 0 Å². The van der Waals surface area contributed by atoms with Gasteiger partial charge in [0.1, 0.15) is 5.69 Å². The van der Waals surface area contributed by atoms with Crippen LogP contribution in [0.15, 0.2) is 23.1 Å². The second-order valence-electron chi connectivity index (χ2n) is 5.51. The number of carbonyl (C=O) groups is 1. The Bertz CT molecular complexity index is 652. The lowest BCUT2D eigenvalue weighted by Gasteiger charge is -2.21. The molecule has 1 saturated carbocycles. The second kappa shape index (κ2) is 4.91. The lowest BCUT2D eigenvalue weighted by atomic mass is 10.2. The molecule has 3 heterocycles. The molecule has 2 fully saturated rings. The summed E-state index contributed by atoms with van der Waals surface area (Å²) >= 11 is 0. The average Bonchev–Trinajstić information content (AvgIpc) is 3.07. The first kappa shape index (κ1) is 12.4. The number of aromatic nitrogens is 4. The van der Waals surface area contributed by atoms with Gasteiger partial charge in [0.25, 0.3) is 5.91 Å². The molecule has 0 bridgehead atoms. The van der Waals surface area contributed by atoms with Crippen molar-refractivity contribution in [2.24, 2.45) is 0 Å². The Morgan fingerprint density at radius 3 is 2.95 bits per heavy atom. The van der Waals surface area contributed by atoms with Gasteiger partial charge in [-0.1, -0.05) is 5.16 Å². The molecule has 1 unspecified atom stereocenters. The van der Waals surface area contributed by atoms with Gasteiger partial charge in [0.15, 0.2) is 5.82 Å². The van der Waals surface area contributed by atoms with Gasteiger partial charge in [0, 0.05) is 24.9 Å². The van der Waals surface area contributed by atoms with Gasteiger partial charge in [-0.2, -0.15) is 4.98 Å². The third kappa shape index (κ3) is 2.28. The number of hydrogen-bond acceptors (Lipinski definition) is 6. The molecule has 2 aromatic heterocycles. The van der Waals surface area contributed by atoms with E-state index in [1.165, 1.54) is 12.4 Å². The highest BCUT2D eigenvalue weighted by atomic mass is 16.5. The van der Waals surface area contributed by atoms with Crippen LogP contribution in [0.2, 0.25) is 0 Å². The Kier molecular flexibility index (Phi) is 2.90. The highest BCUT2D eigenvalue weighted by molar-refractivity contribution is 5.92. The molecule has 21 heavy (non-hydrogen) atoms. The molecule has 1 aliphatic carbocycles. The first-order valence-corrected chi connectivity index (χ1v) is 7.23. The van der Waals surface area contributed by atoms with Crippen molar-refractivity contribution in [1.82, 2.24) is 25.0 Å². The summed E-state index contributed by atoms with van der Waals surface area (Å²) in [5, 5.41) is 4.07. The van der Waals surface area contributed by atoms with Crippen LogP contribution in [0.1, 0.15) is 59.8 Å². The Morgan fingerprint density at radius 2 is 2.19 bits per heavy atom. The normalized spacial score (nSPS) is 21.7. The number of hydrogen-bond donors (Lipinski definition) is 0. The predicted octanol–water partition coefficient (Wildman–Crippen LogP) is 1.71. The fourth-order valence-electron chi connectivity index (χ4n) is 2.71. The van der Waals surface area contributed by atoms with Gasteiger partial charge in [0.05, 0.1) is 12.2 Å². The zero-order chi connectivity index (χ0) is 14.2. The molecule has 0 spiro atoms. The zero-order valence-electron chi connectivity index (χ0n) is 11.5. The second-order valence-corrected chi connectivity index (χ2v) is 5.51. The van der Waals surface area contributed by atoms with Gasteiger partial charge in [-0.25, -0.2) is 4.98 Å². The van der Waals surface area contributed by atoms with E-state index in [2.05, 4.69) is 20.1 Å². The molecule has 108 valence electrons. The quantitative estimate of drug-likeness (QED) is 0.853. The summed E-state index contributed by atoms with van der Waals surface area (Å²) in [6.45, 7) is 0.688. The largest absolute Gasteiger partial charge is 0.339 e. The summed E-state index contributed by atoms with van der Waals surface area (Å²) in [5.74, 6) is 1.63. The van der Waals surface area contributed by atoms with Crippen LogP contribution in [0.5, 0.6) is 0 Å². The fourth-order valence-corrected chi connectivity index (χ4v) is 2.71. The number of nitrogens with zero attached hydrogens (tertiary/aromatic N) is 5. The van der Waals surface area contributed by atoms with Gasteiger partial charge >= 0.3 is 0 Å². The standard InChI is InChI=1S/C14H15N5O2/c20-14(10-8-15-5-6-16-10)19-7-1-2-11(19)12-17-13(21-18-12)9-3-4-9/h5-6,8-9,11H,1-4,7H2. The van der Waals surface area contributed by atoms with E-state index >= 15 is 0 Å². The number of rotatable bonds is 3. The van der Waals surface area contributed by atoms with Gasteiger partial charge in [0.2, 0.25) is 5.89 Å². The van der Waals surface area contributed by atoms with Crippen LogP contribution in [0.3, 0.4) is 0 Å². The molecule has 2 aromatic rings. The van der Waals surface area contributed by atoms with E-state index in [9.17, 15) is 4.79 Å². The minimum Gasteiger partial charge on any atom is -0.339 e. The molecule has 1 saturated heterocycles. The Morgan fingerprint density at radius 1 is 1.29 bits per heavy atom. The molecule has 0 N–H and O–H groups in total. The van der Waals surface area contributed by atoms with Crippen molar-refractivity contribution in [3.05, 3.63) is 36.0 Å². The Hall–Kier alpha value is -2.31. The van der Waals surface area contributed by atoms with E-state index < -0.39 is 0 Å². The van der Waals surface area contributed by atoms with Gasteiger partial charge in [-0.05, 0) is 25.7 Å². The maximum absolute atomic E-state index is 12.5. The van der Waals surface area contributed by atoms with E-state index in [1.54, 1.807) is 11.1 Å². The Labute approximate surface area is 121 Å². The zero-order valence-corrected chi connectivity index (χ0v) is 11.5. The maximum atomic E-state index is 12.5. The monoisotopic (exact) mass is 285 g/mol. The molecule has 7 heteroatoms. The van der Waals surface area contributed by atoms with Crippen LogP contribution in [0.4, 0.5) is 0 Å². The van der Waals surface area contributed by atoms with Crippen molar-refractivity contribution in [2.45, 2.75) is 37.6 Å². The minimum atomic E-state index is -0.122. The third-order valence-corrected chi connectivity index (χ3v) is 3.98. The van der Waals surface area contributed by atoms with Crippen molar-refractivity contribution in [3.8, 4) is 0 Å². The molecule has 1 atom stereocenters. The Balaban J connectivity index is 1.58. The van der Waals surface area contributed by atoms with E-state index in [-0.39, 0.29) is 11.9 Å². The maximum Gasteiger partial charge on any atom is 0.274 e. The molecule has 7 nitrogen and oxygen atoms in total.